The van der Waals surface area contributed by atoms with E-state index < -0.39 is 17.6 Å². The van der Waals surface area contributed by atoms with E-state index in [0.717, 1.165) is 24.3 Å². The fourth-order valence-corrected chi connectivity index (χ4v) is 1.73. The Morgan fingerprint density at radius 3 is 2.27 bits per heavy atom. The van der Waals surface area contributed by atoms with Crippen LogP contribution in [0.2, 0.25) is 0 Å². The van der Waals surface area contributed by atoms with Crippen molar-refractivity contribution in [2.24, 2.45) is 4.99 Å². The molecule has 7 heteroatoms. The highest BCUT2D eigenvalue weighted by atomic mass is 19.4. The van der Waals surface area contributed by atoms with Gasteiger partial charge in [0.2, 0.25) is 6.08 Å². The van der Waals surface area contributed by atoms with E-state index in [-0.39, 0.29) is 16.9 Å². The first-order chi connectivity index (χ1) is 10.4. The second-order valence-corrected chi connectivity index (χ2v) is 4.25. The molecule has 2 aromatic rings. The largest absolute Gasteiger partial charge is 0.416 e. The summed E-state index contributed by atoms with van der Waals surface area (Å²) in [6.45, 7) is 0. The molecular weight excluding hydrogens is 297 g/mol. The number of halogens is 3. The number of hydrogen-bond acceptors (Lipinski definition) is 3. The third kappa shape index (κ3) is 3.59. The first kappa shape index (κ1) is 15.5. The Morgan fingerprint density at radius 2 is 1.68 bits per heavy atom. The van der Waals surface area contributed by atoms with Gasteiger partial charge in [0, 0.05) is 5.56 Å². The van der Waals surface area contributed by atoms with Crippen molar-refractivity contribution in [3.8, 4) is 0 Å². The molecule has 0 saturated heterocycles. The molecule has 0 heterocycles. The van der Waals surface area contributed by atoms with Crippen LogP contribution in [-0.4, -0.2) is 12.0 Å². The third-order valence-corrected chi connectivity index (χ3v) is 2.79. The van der Waals surface area contributed by atoms with Crippen molar-refractivity contribution in [2.45, 2.75) is 6.18 Å². The van der Waals surface area contributed by atoms with Crippen LogP contribution in [0.5, 0.6) is 0 Å². The van der Waals surface area contributed by atoms with Gasteiger partial charge in [-0.05, 0) is 36.4 Å². The molecule has 0 saturated carbocycles. The van der Waals surface area contributed by atoms with Gasteiger partial charge in [-0.2, -0.15) is 18.2 Å². The molecule has 1 N–H and O–H groups in total. The average molecular weight is 306 g/mol. The predicted octanol–water partition coefficient (Wildman–Crippen LogP) is 3.93. The van der Waals surface area contributed by atoms with E-state index >= 15 is 0 Å². The topological polar surface area (TPSA) is 58.5 Å². The minimum atomic E-state index is -4.46. The molecule has 0 unspecified atom stereocenters. The number of amides is 1. The van der Waals surface area contributed by atoms with Gasteiger partial charge < -0.3 is 5.32 Å². The van der Waals surface area contributed by atoms with Crippen molar-refractivity contribution < 1.29 is 22.8 Å². The van der Waals surface area contributed by atoms with E-state index in [2.05, 4.69) is 10.3 Å². The number of nitrogens with zero attached hydrogens (tertiary/aromatic N) is 1. The Morgan fingerprint density at radius 1 is 1.05 bits per heavy atom. The second-order valence-electron chi connectivity index (χ2n) is 4.25. The molecule has 0 aliphatic heterocycles. The molecule has 0 spiro atoms. The summed E-state index contributed by atoms with van der Waals surface area (Å²) in [6.07, 6.45) is -3.10. The van der Waals surface area contributed by atoms with Crippen molar-refractivity contribution in [3.05, 3.63) is 59.7 Å². The molecule has 2 aromatic carbocycles. The molecule has 0 bridgehead atoms. The zero-order chi connectivity index (χ0) is 16.2. The van der Waals surface area contributed by atoms with Gasteiger partial charge in [-0.1, -0.05) is 12.1 Å². The smallest absolute Gasteiger partial charge is 0.320 e. The first-order valence-electron chi connectivity index (χ1n) is 6.07. The Labute approximate surface area is 123 Å². The number of carbonyl (C=O) groups is 1. The van der Waals surface area contributed by atoms with Crippen LogP contribution in [0.3, 0.4) is 0 Å². The van der Waals surface area contributed by atoms with E-state index in [0.29, 0.717) is 0 Å². The highest BCUT2D eigenvalue weighted by Gasteiger charge is 2.30. The number of aliphatic imine (C=N–C) groups is 1. The van der Waals surface area contributed by atoms with Crippen molar-refractivity contribution >= 4 is 23.4 Å². The maximum atomic E-state index is 12.5. The van der Waals surface area contributed by atoms with Crippen LogP contribution in [0.25, 0.3) is 0 Å². The van der Waals surface area contributed by atoms with Gasteiger partial charge in [0.05, 0.1) is 16.9 Å². The van der Waals surface area contributed by atoms with E-state index in [1.807, 2.05) is 0 Å². The van der Waals surface area contributed by atoms with E-state index in [9.17, 15) is 22.8 Å². The Bertz CT molecular complexity index is 733. The zero-order valence-electron chi connectivity index (χ0n) is 11.0. The van der Waals surface area contributed by atoms with Crippen LogP contribution in [0.1, 0.15) is 15.9 Å². The van der Waals surface area contributed by atoms with Crippen LogP contribution in [0, 0.1) is 0 Å². The Balaban J connectivity index is 2.21. The minimum absolute atomic E-state index is 0.0536. The number of benzene rings is 2. The summed E-state index contributed by atoms with van der Waals surface area (Å²) in [6, 6.07) is 10.0. The number of rotatable bonds is 3. The standard InChI is InChI=1S/C15H9F3N2O2/c16-15(17,18)11-7-5-10(6-8-11)14(22)20-13-4-2-1-3-12(13)19-9-21/h1-8H,(H,20,22). The van der Waals surface area contributed by atoms with Crippen LogP contribution in [-0.2, 0) is 11.0 Å². The molecule has 4 nitrogen and oxygen atoms in total. The zero-order valence-corrected chi connectivity index (χ0v) is 11.0. The second kappa shape index (κ2) is 6.24. The van der Waals surface area contributed by atoms with Gasteiger partial charge in [-0.15, -0.1) is 0 Å². The molecule has 0 radical (unpaired) electrons. The van der Waals surface area contributed by atoms with E-state index in [1.165, 1.54) is 18.2 Å². The molecule has 0 aliphatic carbocycles. The summed E-state index contributed by atoms with van der Waals surface area (Å²) >= 11 is 0. The number of para-hydroxylation sites is 2. The van der Waals surface area contributed by atoms with Crippen LogP contribution < -0.4 is 5.32 Å². The summed E-state index contributed by atoms with van der Waals surface area (Å²) in [4.78, 5) is 25.7. The summed E-state index contributed by atoms with van der Waals surface area (Å²) < 4.78 is 37.4. The lowest BCUT2D eigenvalue weighted by molar-refractivity contribution is -0.137. The monoisotopic (exact) mass is 306 g/mol. The molecule has 112 valence electrons. The van der Waals surface area contributed by atoms with Gasteiger partial charge in [0.25, 0.3) is 5.91 Å². The molecule has 1 amide bonds. The maximum absolute atomic E-state index is 12.5. The lowest BCUT2D eigenvalue weighted by Gasteiger charge is -2.09. The number of nitrogens with one attached hydrogen (secondary N) is 1. The van der Waals surface area contributed by atoms with E-state index in [4.69, 9.17) is 0 Å². The normalized spacial score (nSPS) is 10.7. The first-order valence-corrected chi connectivity index (χ1v) is 6.07. The molecular formula is C15H9F3N2O2. The van der Waals surface area contributed by atoms with Crippen LogP contribution in [0.15, 0.2) is 53.5 Å². The number of anilines is 1. The van der Waals surface area contributed by atoms with Crippen molar-refractivity contribution in [3.63, 3.8) is 0 Å². The number of alkyl halides is 3. The van der Waals surface area contributed by atoms with Crippen molar-refractivity contribution in [2.75, 3.05) is 5.32 Å². The van der Waals surface area contributed by atoms with Gasteiger partial charge in [0.15, 0.2) is 0 Å². The quantitative estimate of drug-likeness (QED) is 0.690. The average Bonchev–Trinajstić information content (AvgIpc) is 2.49. The van der Waals surface area contributed by atoms with E-state index in [1.54, 1.807) is 12.1 Å². The number of isocyanates is 1. The fraction of sp³-hybridized carbons (Fsp3) is 0.0667. The third-order valence-electron chi connectivity index (χ3n) is 2.79. The molecule has 2 rings (SSSR count). The van der Waals surface area contributed by atoms with Crippen molar-refractivity contribution in [1.82, 2.24) is 0 Å². The van der Waals surface area contributed by atoms with Crippen molar-refractivity contribution in [1.29, 1.82) is 0 Å². The lowest BCUT2D eigenvalue weighted by Crippen LogP contribution is -2.13. The summed E-state index contributed by atoms with van der Waals surface area (Å²) in [5, 5.41) is 2.48. The van der Waals surface area contributed by atoms with Gasteiger partial charge in [-0.3, -0.25) is 4.79 Å². The highest BCUT2D eigenvalue weighted by molar-refractivity contribution is 6.05. The predicted molar refractivity (Wildman–Crippen MR) is 73.6 cm³/mol. The molecule has 0 atom stereocenters. The highest BCUT2D eigenvalue weighted by Crippen LogP contribution is 2.29. The molecule has 0 aromatic heterocycles. The molecule has 22 heavy (non-hydrogen) atoms. The van der Waals surface area contributed by atoms with Gasteiger partial charge in [-0.25, -0.2) is 4.79 Å². The van der Waals surface area contributed by atoms with Gasteiger partial charge in [0.1, 0.15) is 0 Å². The summed E-state index contributed by atoms with van der Waals surface area (Å²) in [5.41, 5.74) is -0.318. The lowest BCUT2D eigenvalue weighted by atomic mass is 10.1. The SMILES string of the molecule is O=C=Nc1ccccc1NC(=O)c1ccc(C(F)(F)F)cc1. The summed E-state index contributed by atoms with van der Waals surface area (Å²) in [5.74, 6) is -0.609. The number of carbonyl (C=O) groups excluding carboxylic acids is 2. The Kier molecular flexibility index (Phi) is 4.39. The molecule has 0 aliphatic rings. The summed E-state index contributed by atoms with van der Waals surface area (Å²) in [7, 11) is 0. The molecule has 0 fully saturated rings. The van der Waals surface area contributed by atoms with Gasteiger partial charge >= 0.3 is 6.18 Å². The van der Waals surface area contributed by atoms with Crippen LogP contribution in [0.4, 0.5) is 24.5 Å². The maximum Gasteiger partial charge on any atom is 0.416 e. The number of hydrogen-bond donors (Lipinski definition) is 1. The Hall–Kier alpha value is -2.92. The minimum Gasteiger partial charge on any atom is -0.320 e. The fourth-order valence-electron chi connectivity index (χ4n) is 1.73. The van der Waals surface area contributed by atoms with Crippen LogP contribution >= 0.6 is 0 Å².